The average molecular weight is 323 g/mol. The zero-order chi connectivity index (χ0) is 15.5. The van der Waals surface area contributed by atoms with Crippen molar-refractivity contribution in [3.63, 3.8) is 0 Å². The average Bonchev–Trinajstić information content (AvgIpc) is 3.32. The number of carbonyl (C=O) groups excluding carboxylic acids is 1. The molecule has 1 saturated heterocycles. The Labute approximate surface area is 136 Å². The molecule has 1 heterocycles. The number of halogens is 1. The van der Waals surface area contributed by atoms with E-state index in [9.17, 15) is 9.90 Å². The fourth-order valence-corrected chi connectivity index (χ4v) is 3.09. The number of aliphatic hydroxyl groups excluding tert-OH is 1. The number of β-amino-alcohol motifs (C(OH)–C–C–N with tert-alkyl or cyclic N) is 1. The van der Waals surface area contributed by atoms with Gasteiger partial charge >= 0.3 is 0 Å². The number of hydrogen-bond donors (Lipinski definition) is 2. The molecule has 4 nitrogen and oxygen atoms in total. The summed E-state index contributed by atoms with van der Waals surface area (Å²) < 4.78 is 0. The van der Waals surface area contributed by atoms with Gasteiger partial charge in [0.1, 0.15) is 0 Å². The number of aliphatic hydroxyl groups is 1. The third-order valence-corrected chi connectivity index (χ3v) is 4.82. The lowest BCUT2D eigenvalue weighted by Gasteiger charge is -2.32. The molecule has 1 aromatic rings. The first kappa shape index (κ1) is 15.8. The summed E-state index contributed by atoms with van der Waals surface area (Å²) in [7, 11) is 0. The number of benzene rings is 1. The molecule has 2 aliphatic rings. The van der Waals surface area contributed by atoms with Crippen molar-refractivity contribution in [2.75, 3.05) is 19.6 Å². The van der Waals surface area contributed by atoms with Gasteiger partial charge in [0.2, 0.25) is 5.91 Å². The molecule has 1 aliphatic heterocycles. The summed E-state index contributed by atoms with van der Waals surface area (Å²) in [5.74, 6) is 0.366. The minimum atomic E-state index is -0.505. The Bertz CT molecular complexity index is 508. The lowest BCUT2D eigenvalue weighted by Crippen LogP contribution is -2.42. The van der Waals surface area contributed by atoms with Crippen LogP contribution in [0.15, 0.2) is 24.3 Å². The molecule has 22 heavy (non-hydrogen) atoms. The predicted molar refractivity (Wildman–Crippen MR) is 86.7 cm³/mol. The van der Waals surface area contributed by atoms with Crippen LogP contribution in [0, 0.1) is 5.92 Å². The van der Waals surface area contributed by atoms with Gasteiger partial charge in [-0.3, -0.25) is 4.79 Å². The number of rotatable bonds is 5. The van der Waals surface area contributed by atoms with Gasteiger partial charge in [-0.1, -0.05) is 23.7 Å². The smallest absolute Gasteiger partial charge is 0.223 e. The molecule has 2 N–H and O–H groups in total. The number of likely N-dealkylation sites (tertiary alicyclic amines) is 1. The maximum Gasteiger partial charge on any atom is 0.223 e. The Morgan fingerprint density at radius 3 is 2.45 bits per heavy atom. The van der Waals surface area contributed by atoms with E-state index in [-0.39, 0.29) is 11.8 Å². The first-order valence-corrected chi connectivity index (χ1v) is 8.46. The Balaban J connectivity index is 1.44. The zero-order valence-electron chi connectivity index (χ0n) is 12.7. The second kappa shape index (κ2) is 6.99. The monoisotopic (exact) mass is 322 g/mol. The fraction of sp³-hybridized carbons (Fsp3) is 0.588. The van der Waals surface area contributed by atoms with Crippen LogP contribution in [-0.2, 0) is 4.79 Å². The molecule has 120 valence electrons. The van der Waals surface area contributed by atoms with Gasteiger partial charge in [-0.2, -0.15) is 0 Å². The molecule has 1 aliphatic carbocycles. The van der Waals surface area contributed by atoms with E-state index in [1.165, 1.54) is 0 Å². The number of hydrogen-bond acceptors (Lipinski definition) is 3. The molecule has 0 radical (unpaired) electrons. The minimum absolute atomic E-state index is 0.143. The summed E-state index contributed by atoms with van der Waals surface area (Å²) in [6.45, 7) is 2.35. The highest BCUT2D eigenvalue weighted by atomic mass is 35.5. The van der Waals surface area contributed by atoms with Crippen molar-refractivity contribution in [3.8, 4) is 0 Å². The summed E-state index contributed by atoms with van der Waals surface area (Å²) in [5.41, 5.74) is 0.887. The molecule has 3 rings (SSSR count). The van der Waals surface area contributed by atoms with E-state index in [0.717, 1.165) is 44.3 Å². The van der Waals surface area contributed by atoms with Crippen LogP contribution in [0.4, 0.5) is 0 Å². The summed E-state index contributed by atoms with van der Waals surface area (Å²) in [6.07, 6.45) is 3.53. The molecule has 1 atom stereocenters. The van der Waals surface area contributed by atoms with Crippen molar-refractivity contribution >= 4 is 17.5 Å². The summed E-state index contributed by atoms with van der Waals surface area (Å²) >= 11 is 5.86. The number of carbonyl (C=O) groups is 1. The Kier molecular flexibility index (Phi) is 5.01. The number of nitrogens with zero attached hydrogens (tertiary/aromatic N) is 1. The molecule has 0 spiro atoms. The van der Waals surface area contributed by atoms with Crippen molar-refractivity contribution in [3.05, 3.63) is 34.9 Å². The van der Waals surface area contributed by atoms with Crippen molar-refractivity contribution in [2.24, 2.45) is 5.92 Å². The molecule has 1 amide bonds. The van der Waals surface area contributed by atoms with Gasteiger partial charge < -0.3 is 15.3 Å². The highest BCUT2D eigenvalue weighted by Crippen LogP contribution is 2.24. The van der Waals surface area contributed by atoms with Crippen LogP contribution in [0.1, 0.15) is 37.4 Å². The second-order valence-electron chi connectivity index (χ2n) is 6.43. The van der Waals surface area contributed by atoms with Crippen LogP contribution in [-0.4, -0.2) is 41.6 Å². The van der Waals surface area contributed by atoms with Gasteiger partial charge in [-0.15, -0.1) is 0 Å². The molecule has 2 fully saturated rings. The van der Waals surface area contributed by atoms with E-state index in [0.29, 0.717) is 17.6 Å². The van der Waals surface area contributed by atoms with Gasteiger partial charge in [0.15, 0.2) is 0 Å². The largest absolute Gasteiger partial charge is 0.387 e. The SMILES string of the molecule is O=C(NC1CC1)C1CCN(C[C@H](O)c2ccc(Cl)cc2)CC1. The number of amides is 1. The molecular weight excluding hydrogens is 300 g/mol. The topological polar surface area (TPSA) is 52.6 Å². The summed E-state index contributed by atoms with van der Waals surface area (Å²) in [5, 5.41) is 14.1. The lowest BCUT2D eigenvalue weighted by molar-refractivity contribution is -0.126. The Morgan fingerprint density at radius 1 is 1.23 bits per heavy atom. The third kappa shape index (κ3) is 4.22. The standard InChI is InChI=1S/C17H23ClN2O2/c18-14-3-1-12(2-4-14)16(21)11-20-9-7-13(8-10-20)17(22)19-15-5-6-15/h1-4,13,15-16,21H,5-11H2,(H,19,22)/t16-/m0/s1. The van der Waals surface area contributed by atoms with E-state index in [2.05, 4.69) is 10.2 Å². The molecular formula is C17H23ClN2O2. The third-order valence-electron chi connectivity index (χ3n) is 4.57. The van der Waals surface area contributed by atoms with Gasteiger partial charge in [0.05, 0.1) is 6.10 Å². The Morgan fingerprint density at radius 2 is 1.86 bits per heavy atom. The van der Waals surface area contributed by atoms with Crippen LogP contribution >= 0.6 is 11.6 Å². The summed E-state index contributed by atoms with van der Waals surface area (Å²) in [4.78, 5) is 14.3. The quantitative estimate of drug-likeness (QED) is 0.875. The van der Waals surface area contributed by atoms with Gasteiger partial charge in [-0.05, 0) is 56.5 Å². The summed E-state index contributed by atoms with van der Waals surface area (Å²) in [6, 6.07) is 7.77. The highest BCUT2D eigenvalue weighted by molar-refractivity contribution is 6.30. The van der Waals surface area contributed by atoms with Crippen LogP contribution < -0.4 is 5.32 Å². The van der Waals surface area contributed by atoms with E-state index < -0.39 is 6.10 Å². The van der Waals surface area contributed by atoms with Gasteiger partial charge in [0.25, 0.3) is 0 Å². The lowest BCUT2D eigenvalue weighted by atomic mass is 9.95. The van der Waals surface area contributed by atoms with Crippen molar-refractivity contribution < 1.29 is 9.90 Å². The van der Waals surface area contributed by atoms with Crippen LogP contribution in [0.25, 0.3) is 0 Å². The first-order valence-electron chi connectivity index (χ1n) is 8.08. The van der Waals surface area contributed by atoms with E-state index in [4.69, 9.17) is 11.6 Å². The number of piperidine rings is 1. The maximum atomic E-state index is 12.0. The number of nitrogens with one attached hydrogen (secondary N) is 1. The van der Waals surface area contributed by atoms with E-state index in [1.807, 2.05) is 12.1 Å². The van der Waals surface area contributed by atoms with Crippen LogP contribution in [0.2, 0.25) is 5.02 Å². The van der Waals surface area contributed by atoms with Crippen LogP contribution in [0.3, 0.4) is 0 Å². The van der Waals surface area contributed by atoms with E-state index >= 15 is 0 Å². The van der Waals surface area contributed by atoms with Crippen LogP contribution in [0.5, 0.6) is 0 Å². The molecule has 5 heteroatoms. The van der Waals surface area contributed by atoms with Crippen molar-refractivity contribution in [2.45, 2.75) is 37.8 Å². The van der Waals surface area contributed by atoms with Crippen molar-refractivity contribution in [1.82, 2.24) is 10.2 Å². The van der Waals surface area contributed by atoms with E-state index in [1.54, 1.807) is 12.1 Å². The maximum absolute atomic E-state index is 12.0. The van der Waals surface area contributed by atoms with Gasteiger partial charge in [-0.25, -0.2) is 0 Å². The molecule has 0 aromatic heterocycles. The molecule has 0 unspecified atom stereocenters. The molecule has 1 aromatic carbocycles. The predicted octanol–water partition coefficient (Wildman–Crippen LogP) is 2.36. The first-order chi connectivity index (χ1) is 10.6. The second-order valence-corrected chi connectivity index (χ2v) is 6.86. The zero-order valence-corrected chi connectivity index (χ0v) is 13.4. The normalized spacial score (nSPS) is 21.5. The van der Waals surface area contributed by atoms with Crippen molar-refractivity contribution in [1.29, 1.82) is 0 Å². The molecule has 0 bridgehead atoms. The van der Waals surface area contributed by atoms with Gasteiger partial charge in [0, 0.05) is 23.5 Å². The Hall–Kier alpha value is -1.10. The molecule has 1 saturated carbocycles. The fourth-order valence-electron chi connectivity index (χ4n) is 2.96. The minimum Gasteiger partial charge on any atom is -0.387 e. The highest BCUT2D eigenvalue weighted by Gasteiger charge is 2.30.